The minimum absolute atomic E-state index is 0.101. The van der Waals surface area contributed by atoms with Crippen molar-refractivity contribution in [3.8, 4) is 0 Å². The molecule has 0 aliphatic carbocycles. The molecule has 2 aliphatic rings. The molecule has 3 rings (SSSR count). The second-order valence-electron chi connectivity index (χ2n) is 6.31. The van der Waals surface area contributed by atoms with E-state index in [0.717, 1.165) is 39.3 Å². The molecule has 126 valence electrons. The van der Waals surface area contributed by atoms with Crippen LogP contribution in [0, 0.1) is 5.82 Å². The number of benzene rings is 1. The zero-order chi connectivity index (χ0) is 16.1. The largest absolute Gasteiger partial charge is 0.322 e. The van der Waals surface area contributed by atoms with E-state index < -0.39 is 0 Å². The number of hydrogen-bond donors (Lipinski definition) is 1. The summed E-state index contributed by atoms with van der Waals surface area (Å²) in [4.78, 5) is 19.0. The average Bonchev–Trinajstić information content (AvgIpc) is 3.09. The summed E-state index contributed by atoms with van der Waals surface area (Å²) in [6.45, 7) is 8.03. The number of anilines is 1. The highest BCUT2D eigenvalue weighted by Crippen LogP contribution is 2.11. The van der Waals surface area contributed by atoms with Gasteiger partial charge in [-0.1, -0.05) is 0 Å². The van der Waals surface area contributed by atoms with Crippen molar-refractivity contribution in [3.05, 3.63) is 30.1 Å². The predicted molar refractivity (Wildman–Crippen MR) is 89.1 cm³/mol. The minimum atomic E-state index is -0.297. The van der Waals surface area contributed by atoms with Crippen LogP contribution in [0.25, 0.3) is 0 Å². The number of piperazine rings is 1. The number of likely N-dealkylation sites (tertiary alicyclic amines) is 1. The van der Waals surface area contributed by atoms with E-state index in [1.807, 2.05) is 4.90 Å². The molecule has 23 heavy (non-hydrogen) atoms. The molecule has 2 aliphatic heterocycles. The van der Waals surface area contributed by atoms with Gasteiger partial charge in [0.25, 0.3) is 0 Å². The molecule has 2 fully saturated rings. The van der Waals surface area contributed by atoms with Crippen LogP contribution in [0.5, 0.6) is 0 Å². The highest BCUT2D eigenvalue weighted by Gasteiger charge is 2.21. The summed E-state index contributed by atoms with van der Waals surface area (Å²) in [6, 6.07) is 5.77. The van der Waals surface area contributed by atoms with Gasteiger partial charge in [-0.25, -0.2) is 9.18 Å². The van der Waals surface area contributed by atoms with Gasteiger partial charge >= 0.3 is 6.03 Å². The fourth-order valence-corrected chi connectivity index (χ4v) is 3.20. The topological polar surface area (TPSA) is 38.8 Å². The molecule has 0 saturated carbocycles. The smallest absolute Gasteiger partial charge is 0.321 e. The van der Waals surface area contributed by atoms with Crippen LogP contribution >= 0.6 is 0 Å². The molecule has 6 heteroatoms. The quantitative estimate of drug-likeness (QED) is 0.923. The Hall–Kier alpha value is -1.66. The normalized spacial score (nSPS) is 20.0. The van der Waals surface area contributed by atoms with Gasteiger partial charge in [-0.05, 0) is 50.2 Å². The second kappa shape index (κ2) is 7.75. The first kappa shape index (κ1) is 16.2. The molecule has 0 atom stereocenters. The van der Waals surface area contributed by atoms with Gasteiger partial charge in [0.05, 0.1) is 0 Å². The maximum atomic E-state index is 12.9. The Morgan fingerprint density at radius 2 is 1.48 bits per heavy atom. The van der Waals surface area contributed by atoms with E-state index in [4.69, 9.17) is 0 Å². The van der Waals surface area contributed by atoms with Crippen LogP contribution < -0.4 is 5.32 Å². The third-order valence-electron chi connectivity index (χ3n) is 4.69. The van der Waals surface area contributed by atoms with Crippen molar-refractivity contribution in [3.63, 3.8) is 0 Å². The Morgan fingerprint density at radius 3 is 2.09 bits per heavy atom. The fraction of sp³-hybridized carbons (Fsp3) is 0.588. The second-order valence-corrected chi connectivity index (χ2v) is 6.31. The molecule has 0 radical (unpaired) electrons. The summed E-state index contributed by atoms with van der Waals surface area (Å²) in [5.41, 5.74) is 0.632. The maximum Gasteiger partial charge on any atom is 0.321 e. The maximum absolute atomic E-state index is 12.9. The molecule has 1 N–H and O–H groups in total. The van der Waals surface area contributed by atoms with Crippen molar-refractivity contribution < 1.29 is 9.18 Å². The van der Waals surface area contributed by atoms with E-state index in [9.17, 15) is 9.18 Å². The molecule has 1 aromatic carbocycles. The zero-order valence-corrected chi connectivity index (χ0v) is 13.5. The number of halogens is 1. The zero-order valence-electron chi connectivity index (χ0n) is 13.5. The lowest BCUT2D eigenvalue weighted by atomic mass is 10.3. The fourth-order valence-electron chi connectivity index (χ4n) is 3.20. The van der Waals surface area contributed by atoms with Gasteiger partial charge in [0.1, 0.15) is 5.82 Å². The summed E-state index contributed by atoms with van der Waals surface area (Å²) in [6.07, 6.45) is 2.66. The van der Waals surface area contributed by atoms with E-state index in [2.05, 4.69) is 15.1 Å². The standard InChI is InChI=1S/C17H25FN4O/c18-15-3-5-16(6-4-15)19-17(23)22-13-11-21(12-14-22)10-9-20-7-1-2-8-20/h3-6H,1-2,7-14H2,(H,19,23). The van der Waals surface area contributed by atoms with E-state index in [1.165, 1.54) is 38.1 Å². The van der Waals surface area contributed by atoms with Gasteiger partial charge in [0.2, 0.25) is 0 Å². The van der Waals surface area contributed by atoms with Crippen LogP contribution in [0.1, 0.15) is 12.8 Å². The SMILES string of the molecule is O=C(Nc1ccc(F)cc1)N1CCN(CCN2CCCC2)CC1. The van der Waals surface area contributed by atoms with Crippen LogP contribution in [0.4, 0.5) is 14.9 Å². The van der Waals surface area contributed by atoms with Crippen LogP contribution in [0.2, 0.25) is 0 Å². The molecule has 0 bridgehead atoms. The number of hydrogen-bond acceptors (Lipinski definition) is 3. The number of carbonyl (C=O) groups excluding carboxylic acids is 1. The van der Waals surface area contributed by atoms with Crippen LogP contribution in [-0.2, 0) is 0 Å². The molecule has 0 aromatic heterocycles. The first-order valence-electron chi connectivity index (χ1n) is 8.47. The first-order chi connectivity index (χ1) is 11.2. The van der Waals surface area contributed by atoms with Crippen LogP contribution in [-0.4, -0.2) is 73.1 Å². The minimum Gasteiger partial charge on any atom is -0.322 e. The summed E-state index contributed by atoms with van der Waals surface area (Å²) in [5.74, 6) is -0.297. The van der Waals surface area contributed by atoms with Crippen molar-refractivity contribution in [1.82, 2.24) is 14.7 Å². The van der Waals surface area contributed by atoms with Crippen LogP contribution in [0.3, 0.4) is 0 Å². The van der Waals surface area contributed by atoms with Gasteiger partial charge in [0.15, 0.2) is 0 Å². The van der Waals surface area contributed by atoms with E-state index in [-0.39, 0.29) is 11.8 Å². The van der Waals surface area contributed by atoms with Gasteiger partial charge in [-0.3, -0.25) is 4.90 Å². The number of rotatable bonds is 4. The van der Waals surface area contributed by atoms with E-state index >= 15 is 0 Å². The number of urea groups is 1. The molecule has 0 unspecified atom stereocenters. The summed E-state index contributed by atoms with van der Waals surface area (Å²) >= 11 is 0. The molecule has 1 aromatic rings. The Bertz CT molecular complexity index is 508. The van der Waals surface area contributed by atoms with Gasteiger partial charge in [0, 0.05) is 45.0 Å². The highest BCUT2D eigenvalue weighted by atomic mass is 19.1. The van der Waals surface area contributed by atoms with Crippen LogP contribution in [0.15, 0.2) is 24.3 Å². The molecule has 2 amide bonds. The molecule has 0 spiro atoms. The van der Waals surface area contributed by atoms with Gasteiger partial charge in [-0.15, -0.1) is 0 Å². The lowest BCUT2D eigenvalue weighted by Gasteiger charge is -2.35. The average molecular weight is 320 g/mol. The van der Waals surface area contributed by atoms with E-state index in [1.54, 1.807) is 12.1 Å². The summed E-state index contributed by atoms with van der Waals surface area (Å²) < 4.78 is 12.9. The van der Waals surface area contributed by atoms with E-state index in [0.29, 0.717) is 5.69 Å². The number of carbonyl (C=O) groups is 1. The Balaban J connectivity index is 1.39. The van der Waals surface area contributed by atoms with Gasteiger partial charge in [-0.2, -0.15) is 0 Å². The third kappa shape index (κ3) is 4.65. The highest BCUT2D eigenvalue weighted by molar-refractivity contribution is 5.89. The number of nitrogens with zero attached hydrogens (tertiary/aromatic N) is 3. The van der Waals surface area contributed by atoms with Crippen molar-refractivity contribution in [2.45, 2.75) is 12.8 Å². The predicted octanol–water partition coefficient (Wildman–Crippen LogP) is 2.07. The Labute approximate surface area is 137 Å². The summed E-state index contributed by atoms with van der Waals surface area (Å²) in [5, 5.41) is 2.82. The molecular weight excluding hydrogens is 295 g/mol. The van der Waals surface area contributed by atoms with Crippen molar-refractivity contribution in [1.29, 1.82) is 0 Å². The molecule has 2 heterocycles. The number of nitrogens with one attached hydrogen (secondary N) is 1. The lowest BCUT2D eigenvalue weighted by molar-refractivity contribution is 0.137. The lowest BCUT2D eigenvalue weighted by Crippen LogP contribution is -2.51. The monoisotopic (exact) mass is 320 g/mol. The molecule has 2 saturated heterocycles. The van der Waals surface area contributed by atoms with Crippen molar-refractivity contribution >= 4 is 11.7 Å². The Kier molecular flexibility index (Phi) is 5.46. The molecule has 5 nitrogen and oxygen atoms in total. The van der Waals surface area contributed by atoms with Crippen molar-refractivity contribution in [2.75, 3.05) is 57.7 Å². The third-order valence-corrected chi connectivity index (χ3v) is 4.69. The first-order valence-corrected chi connectivity index (χ1v) is 8.47. The van der Waals surface area contributed by atoms with Gasteiger partial charge < -0.3 is 15.1 Å². The molecular formula is C17H25FN4O. The Morgan fingerprint density at radius 1 is 0.913 bits per heavy atom. The summed E-state index contributed by atoms with van der Waals surface area (Å²) in [7, 11) is 0. The number of amides is 2. The van der Waals surface area contributed by atoms with Crippen molar-refractivity contribution in [2.24, 2.45) is 0 Å².